The average molecular weight is 307 g/mol. The smallest absolute Gasteiger partial charge is 0.246 e. The number of carbonyl (C=O) groups excluding carboxylic acids is 1. The molecule has 2 N–H and O–H groups in total. The van der Waals surface area contributed by atoms with Crippen LogP contribution in [0.5, 0.6) is 0 Å². The lowest BCUT2D eigenvalue weighted by molar-refractivity contribution is -0.121. The Hall–Kier alpha value is -1.18. The number of rotatable bonds is 3. The van der Waals surface area contributed by atoms with E-state index in [0.717, 1.165) is 16.4 Å². The Morgan fingerprint density at radius 2 is 2.16 bits per heavy atom. The van der Waals surface area contributed by atoms with Gasteiger partial charge < -0.3 is 5.73 Å². The van der Waals surface area contributed by atoms with Crippen molar-refractivity contribution in [1.29, 1.82) is 0 Å². The van der Waals surface area contributed by atoms with E-state index in [2.05, 4.69) is 0 Å². The zero-order valence-electron chi connectivity index (χ0n) is 9.84. The Kier molecular flexibility index (Phi) is 3.80. The highest BCUT2D eigenvalue weighted by atomic mass is 35.5. The van der Waals surface area contributed by atoms with E-state index in [1.54, 1.807) is 0 Å². The Labute approximate surface area is 115 Å². The molecule has 1 atom stereocenters. The minimum absolute atomic E-state index is 0.101. The number of primary amides is 1. The first-order valence-corrected chi connectivity index (χ1v) is 7.42. The molecule has 1 aromatic carbocycles. The molecule has 8 heteroatoms. The fraction of sp³-hybridized carbons (Fsp3) is 0.364. The Morgan fingerprint density at radius 1 is 1.47 bits per heavy atom. The standard InChI is InChI=1S/C11H12ClFN2O3S/c12-7-3-4-10(8(13)6-7)19(17,18)15-5-1-2-9(15)11(14)16/h3-4,6,9H,1-2,5H2,(H2,14,16). The van der Waals surface area contributed by atoms with Crippen molar-refractivity contribution in [2.24, 2.45) is 5.73 Å². The van der Waals surface area contributed by atoms with Crippen molar-refractivity contribution in [3.05, 3.63) is 29.0 Å². The second-order valence-corrected chi connectivity index (χ2v) is 6.55. The van der Waals surface area contributed by atoms with Crippen molar-refractivity contribution < 1.29 is 17.6 Å². The summed E-state index contributed by atoms with van der Waals surface area (Å²) in [7, 11) is -4.08. The predicted molar refractivity (Wildman–Crippen MR) is 67.5 cm³/mol. The second kappa shape index (κ2) is 5.07. The van der Waals surface area contributed by atoms with E-state index in [1.165, 1.54) is 6.07 Å². The molecule has 0 aliphatic carbocycles. The summed E-state index contributed by atoms with van der Waals surface area (Å²) in [6, 6.07) is 2.38. The van der Waals surface area contributed by atoms with E-state index in [1.807, 2.05) is 0 Å². The first-order chi connectivity index (χ1) is 8.84. The van der Waals surface area contributed by atoms with Gasteiger partial charge in [0.25, 0.3) is 0 Å². The van der Waals surface area contributed by atoms with E-state index in [9.17, 15) is 17.6 Å². The first kappa shape index (κ1) is 14.2. The van der Waals surface area contributed by atoms with Gasteiger partial charge in [0.2, 0.25) is 15.9 Å². The predicted octanol–water partition coefficient (Wildman–Crippen LogP) is 1.12. The van der Waals surface area contributed by atoms with Crippen molar-refractivity contribution in [2.75, 3.05) is 6.54 Å². The number of benzene rings is 1. The largest absolute Gasteiger partial charge is 0.368 e. The maximum Gasteiger partial charge on any atom is 0.246 e. The summed E-state index contributed by atoms with van der Waals surface area (Å²) in [5.74, 6) is -1.67. The highest BCUT2D eigenvalue weighted by Gasteiger charge is 2.39. The van der Waals surface area contributed by atoms with Crippen LogP contribution >= 0.6 is 11.6 Å². The lowest BCUT2D eigenvalue weighted by Gasteiger charge is -2.21. The van der Waals surface area contributed by atoms with E-state index in [4.69, 9.17) is 17.3 Å². The van der Waals surface area contributed by atoms with Crippen LogP contribution in [0, 0.1) is 5.82 Å². The number of hydrogen-bond acceptors (Lipinski definition) is 3. The van der Waals surface area contributed by atoms with Gasteiger partial charge in [0.15, 0.2) is 0 Å². The minimum atomic E-state index is -4.08. The van der Waals surface area contributed by atoms with Gasteiger partial charge in [-0.3, -0.25) is 4.79 Å². The zero-order valence-corrected chi connectivity index (χ0v) is 11.4. The molecule has 19 heavy (non-hydrogen) atoms. The van der Waals surface area contributed by atoms with E-state index in [-0.39, 0.29) is 11.6 Å². The summed E-state index contributed by atoms with van der Waals surface area (Å²) in [5.41, 5.74) is 5.17. The molecule has 5 nitrogen and oxygen atoms in total. The second-order valence-electron chi connectivity index (χ2n) is 4.25. The average Bonchev–Trinajstić information content (AvgIpc) is 2.77. The first-order valence-electron chi connectivity index (χ1n) is 5.60. The molecule has 1 saturated heterocycles. The number of nitrogens with two attached hydrogens (primary N) is 1. The molecule has 0 aromatic heterocycles. The molecule has 0 radical (unpaired) electrons. The summed E-state index contributed by atoms with van der Waals surface area (Å²) >= 11 is 5.58. The van der Waals surface area contributed by atoms with Crippen molar-refractivity contribution >= 4 is 27.5 Å². The van der Waals surface area contributed by atoms with Crippen molar-refractivity contribution in [3.63, 3.8) is 0 Å². The molecule has 104 valence electrons. The summed E-state index contributed by atoms with van der Waals surface area (Å²) in [6.45, 7) is 0.151. The zero-order chi connectivity index (χ0) is 14.2. The Morgan fingerprint density at radius 3 is 2.74 bits per heavy atom. The lowest BCUT2D eigenvalue weighted by Crippen LogP contribution is -2.43. The number of sulfonamides is 1. The van der Waals surface area contributed by atoms with Crippen molar-refractivity contribution in [3.8, 4) is 0 Å². The number of hydrogen-bond donors (Lipinski definition) is 1. The normalized spacial score (nSPS) is 20.6. The number of amides is 1. The highest BCUT2D eigenvalue weighted by molar-refractivity contribution is 7.89. The third-order valence-electron chi connectivity index (χ3n) is 3.01. The summed E-state index contributed by atoms with van der Waals surface area (Å²) in [6.07, 6.45) is 0.867. The van der Waals surface area contributed by atoms with Crippen LogP contribution in [0.1, 0.15) is 12.8 Å². The molecule has 0 saturated carbocycles. The molecule has 0 spiro atoms. The molecular formula is C11H12ClFN2O3S. The molecule has 1 aromatic rings. The van der Waals surface area contributed by atoms with Crippen LogP contribution in [0.25, 0.3) is 0 Å². The summed E-state index contributed by atoms with van der Waals surface area (Å²) < 4.78 is 39.3. The maximum atomic E-state index is 13.7. The number of halogens is 2. The Bertz CT molecular complexity index is 620. The van der Waals surface area contributed by atoms with Crippen LogP contribution in [0.3, 0.4) is 0 Å². The van der Waals surface area contributed by atoms with Crippen LogP contribution in [0.2, 0.25) is 5.02 Å². The minimum Gasteiger partial charge on any atom is -0.368 e. The lowest BCUT2D eigenvalue weighted by atomic mass is 10.2. The summed E-state index contributed by atoms with van der Waals surface area (Å²) in [5, 5.41) is 0.101. The topological polar surface area (TPSA) is 80.5 Å². The van der Waals surface area contributed by atoms with Crippen LogP contribution in [0.4, 0.5) is 4.39 Å². The van der Waals surface area contributed by atoms with Gasteiger partial charge in [0.1, 0.15) is 16.8 Å². The molecule has 2 rings (SSSR count). The SMILES string of the molecule is NC(=O)C1CCCN1S(=O)(=O)c1ccc(Cl)cc1F. The van der Waals surface area contributed by atoms with Gasteiger partial charge in [-0.2, -0.15) is 4.31 Å². The van der Waals surface area contributed by atoms with Crippen molar-refractivity contribution in [1.82, 2.24) is 4.31 Å². The van der Waals surface area contributed by atoms with Crippen LogP contribution < -0.4 is 5.73 Å². The maximum absolute atomic E-state index is 13.7. The molecule has 1 aliphatic rings. The molecule has 1 aliphatic heterocycles. The van der Waals surface area contributed by atoms with Crippen LogP contribution in [-0.2, 0) is 14.8 Å². The van der Waals surface area contributed by atoms with E-state index in [0.29, 0.717) is 12.8 Å². The number of carbonyl (C=O) groups is 1. The molecule has 1 heterocycles. The van der Waals surface area contributed by atoms with Crippen LogP contribution in [0.15, 0.2) is 23.1 Å². The quantitative estimate of drug-likeness (QED) is 0.908. The number of nitrogens with zero attached hydrogens (tertiary/aromatic N) is 1. The van der Waals surface area contributed by atoms with E-state index < -0.39 is 32.7 Å². The monoisotopic (exact) mass is 306 g/mol. The fourth-order valence-electron chi connectivity index (χ4n) is 2.12. The molecule has 1 unspecified atom stereocenters. The van der Waals surface area contributed by atoms with Crippen LogP contribution in [-0.4, -0.2) is 31.2 Å². The fourth-order valence-corrected chi connectivity index (χ4v) is 3.99. The third-order valence-corrected chi connectivity index (χ3v) is 5.19. The van der Waals surface area contributed by atoms with Gasteiger partial charge in [0.05, 0.1) is 0 Å². The van der Waals surface area contributed by atoms with Gasteiger partial charge in [-0.1, -0.05) is 11.6 Å². The van der Waals surface area contributed by atoms with E-state index >= 15 is 0 Å². The highest BCUT2D eigenvalue weighted by Crippen LogP contribution is 2.28. The molecule has 1 fully saturated rings. The van der Waals surface area contributed by atoms with Gasteiger partial charge in [-0.05, 0) is 31.0 Å². The Balaban J connectivity index is 2.45. The molecule has 0 bridgehead atoms. The third kappa shape index (κ3) is 2.58. The molecule has 1 amide bonds. The van der Waals surface area contributed by atoms with Gasteiger partial charge >= 0.3 is 0 Å². The van der Waals surface area contributed by atoms with Crippen molar-refractivity contribution in [2.45, 2.75) is 23.8 Å². The summed E-state index contributed by atoms with van der Waals surface area (Å²) in [4.78, 5) is 10.7. The van der Waals surface area contributed by atoms with Gasteiger partial charge in [-0.15, -0.1) is 0 Å². The van der Waals surface area contributed by atoms with Gasteiger partial charge in [-0.25, -0.2) is 12.8 Å². The van der Waals surface area contributed by atoms with Gasteiger partial charge in [0, 0.05) is 11.6 Å². The molecular weight excluding hydrogens is 295 g/mol.